The summed E-state index contributed by atoms with van der Waals surface area (Å²) in [6.45, 7) is 4.49. The summed E-state index contributed by atoms with van der Waals surface area (Å²) in [5, 5.41) is 2.99. The van der Waals surface area contributed by atoms with Crippen LogP contribution in [-0.2, 0) is 10.0 Å². The lowest BCUT2D eigenvalue weighted by Gasteiger charge is -2.23. The van der Waals surface area contributed by atoms with Gasteiger partial charge in [0, 0.05) is 19.1 Å². The van der Waals surface area contributed by atoms with Crippen LogP contribution in [-0.4, -0.2) is 69.2 Å². The van der Waals surface area contributed by atoms with E-state index < -0.39 is 10.0 Å². The fraction of sp³-hybridized carbons (Fsp3) is 1.00. The fourth-order valence-electron chi connectivity index (χ4n) is 2.93. The van der Waals surface area contributed by atoms with Crippen LogP contribution in [0.25, 0.3) is 0 Å². The normalized spacial score (nSPS) is 27.1. The molecule has 0 aromatic rings. The quantitative estimate of drug-likeness (QED) is 0.698. The highest BCUT2D eigenvalue weighted by Gasteiger charge is 2.34. The molecule has 2 saturated heterocycles. The summed E-state index contributed by atoms with van der Waals surface area (Å²) in [5.74, 6) is 0.278. The molecule has 0 radical (unpaired) electrons. The van der Waals surface area contributed by atoms with Gasteiger partial charge >= 0.3 is 0 Å². The lowest BCUT2D eigenvalue weighted by molar-refractivity contribution is 0.251. The Kier molecular flexibility index (Phi) is 5.00. The van der Waals surface area contributed by atoms with E-state index in [2.05, 4.69) is 10.2 Å². The minimum absolute atomic E-state index is 0.278. The van der Waals surface area contributed by atoms with Crippen LogP contribution in [0.2, 0.25) is 0 Å². The van der Waals surface area contributed by atoms with Crippen molar-refractivity contribution in [3.8, 4) is 0 Å². The summed E-state index contributed by atoms with van der Waals surface area (Å²) in [6, 6.07) is 0.464. The lowest BCUT2D eigenvalue weighted by atomic mass is 10.2. The first-order valence-electron chi connectivity index (χ1n) is 7.00. The number of sulfonamides is 1. The van der Waals surface area contributed by atoms with Crippen LogP contribution >= 0.6 is 0 Å². The van der Waals surface area contributed by atoms with Gasteiger partial charge in [-0.15, -0.1) is 0 Å². The average molecular weight is 275 g/mol. The maximum atomic E-state index is 12.1. The largest absolute Gasteiger partial charge is 0.320 e. The Bertz CT molecular complexity index is 352. The monoisotopic (exact) mass is 275 g/mol. The average Bonchev–Trinajstić information content (AvgIpc) is 3.00. The molecule has 0 bridgehead atoms. The summed E-state index contributed by atoms with van der Waals surface area (Å²) in [4.78, 5) is 2.46. The molecule has 2 fully saturated rings. The first kappa shape index (κ1) is 14.2. The summed E-state index contributed by atoms with van der Waals surface area (Å²) in [5.41, 5.74) is 0. The second kappa shape index (κ2) is 6.32. The Hall–Kier alpha value is -0.170. The number of nitrogens with one attached hydrogen (secondary N) is 1. The molecule has 2 heterocycles. The molecule has 1 atom stereocenters. The van der Waals surface area contributed by atoms with E-state index in [1.165, 1.54) is 12.8 Å². The third-order valence-corrected chi connectivity index (χ3v) is 5.93. The van der Waals surface area contributed by atoms with Crippen LogP contribution in [0.3, 0.4) is 0 Å². The van der Waals surface area contributed by atoms with Gasteiger partial charge in [0.15, 0.2) is 0 Å². The van der Waals surface area contributed by atoms with Gasteiger partial charge in [-0.05, 0) is 52.4 Å². The van der Waals surface area contributed by atoms with Crippen molar-refractivity contribution in [1.29, 1.82) is 0 Å². The van der Waals surface area contributed by atoms with Gasteiger partial charge < -0.3 is 5.32 Å². The fourth-order valence-corrected chi connectivity index (χ4v) is 4.48. The predicted octanol–water partition coefficient (Wildman–Crippen LogP) is 0.0958. The minimum Gasteiger partial charge on any atom is -0.320 e. The Morgan fingerprint density at radius 2 is 1.94 bits per heavy atom. The number of hydrogen-bond acceptors (Lipinski definition) is 4. The van der Waals surface area contributed by atoms with E-state index in [1.807, 2.05) is 7.05 Å². The van der Waals surface area contributed by atoms with E-state index in [1.54, 1.807) is 4.31 Å². The third-order valence-electron chi connectivity index (χ3n) is 4.01. The minimum atomic E-state index is -3.03. The lowest BCUT2D eigenvalue weighted by Crippen LogP contribution is -2.38. The van der Waals surface area contributed by atoms with Crippen molar-refractivity contribution in [3.05, 3.63) is 0 Å². The highest BCUT2D eigenvalue weighted by atomic mass is 32.2. The van der Waals surface area contributed by atoms with E-state index in [-0.39, 0.29) is 5.75 Å². The molecule has 2 aliphatic rings. The van der Waals surface area contributed by atoms with Crippen LogP contribution in [0.5, 0.6) is 0 Å². The third kappa shape index (κ3) is 3.44. The summed E-state index contributed by atoms with van der Waals surface area (Å²) in [7, 11) is -1.17. The molecule has 2 aliphatic heterocycles. The Balaban J connectivity index is 1.83. The molecule has 0 amide bonds. The van der Waals surface area contributed by atoms with Crippen LogP contribution in [0, 0.1) is 0 Å². The highest BCUT2D eigenvalue weighted by molar-refractivity contribution is 7.89. The van der Waals surface area contributed by atoms with Gasteiger partial charge in [0.2, 0.25) is 10.0 Å². The first-order valence-corrected chi connectivity index (χ1v) is 8.61. The van der Waals surface area contributed by atoms with Gasteiger partial charge in [-0.1, -0.05) is 0 Å². The van der Waals surface area contributed by atoms with Crippen molar-refractivity contribution in [2.45, 2.75) is 31.7 Å². The van der Waals surface area contributed by atoms with E-state index in [0.717, 1.165) is 26.1 Å². The molecule has 2 rings (SSSR count). The molecule has 1 N–H and O–H groups in total. The van der Waals surface area contributed by atoms with Crippen LogP contribution < -0.4 is 5.32 Å². The van der Waals surface area contributed by atoms with Crippen molar-refractivity contribution in [1.82, 2.24) is 14.5 Å². The second-order valence-corrected chi connectivity index (χ2v) is 7.41. The highest BCUT2D eigenvalue weighted by Crippen LogP contribution is 2.22. The number of hydrogen-bond donors (Lipinski definition) is 1. The molecular formula is C12H25N3O2S. The van der Waals surface area contributed by atoms with Gasteiger partial charge in [-0.3, -0.25) is 4.90 Å². The second-order valence-electron chi connectivity index (χ2n) is 5.32. The zero-order valence-electron chi connectivity index (χ0n) is 11.3. The van der Waals surface area contributed by atoms with E-state index in [9.17, 15) is 8.42 Å². The standard InChI is InChI=1S/C12H25N3O2S/c1-13-6-4-10-18(16,17)15-9-5-12(11-15)14-7-2-3-8-14/h12-13H,2-11H2,1H3. The van der Waals surface area contributed by atoms with E-state index in [0.29, 0.717) is 25.6 Å². The van der Waals surface area contributed by atoms with E-state index in [4.69, 9.17) is 0 Å². The van der Waals surface area contributed by atoms with Crippen LogP contribution in [0.1, 0.15) is 25.7 Å². The molecular weight excluding hydrogens is 250 g/mol. The smallest absolute Gasteiger partial charge is 0.214 e. The van der Waals surface area contributed by atoms with Crippen molar-refractivity contribution in [2.24, 2.45) is 0 Å². The maximum Gasteiger partial charge on any atom is 0.214 e. The Morgan fingerprint density at radius 1 is 1.22 bits per heavy atom. The topological polar surface area (TPSA) is 52.7 Å². The van der Waals surface area contributed by atoms with Crippen molar-refractivity contribution >= 4 is 10.0 Å². The number of rotatable bonds is 6. The number of nitrogens with zero attached hydrogens (tertiary/aromatic N) is 2. The molecule has 0 saturated carbocycles. The summed E-state index contributed by atoms with van der Waals surface area (Å²) in [6.07, 6.45) is 4.24. The predicted molar refractivity (Wildman–Crippen MR) is 73.1 cm³/mol. The maximum absolute atomic E-state index is 12.1. The zero-order chi connectivity index (χ0) is 13.0. The number of likely N-dealkylation sites (tertiary alicyclic amines) is 1. The first-order chi connectivity index (χ1) is 8.63. The van der Waals surface area contributed by atoms with Gasteiger partial charge in [0.1, 0.15) is 0 Å². The van der Waals surface area contributed by atoms with Gasteiger partial charge in [-0.2, -0.15) is 0 Å². The molecule has 0 aromatic carbocycles. The molecule has 5 nitrogen and oxygen atoms in total. The molecule has 0 spiro atoms. The molecule has 0 aliphatic carbocycles. The zero-order valence-corrected chi connectivity index (χ0v) is 12.1. The molecule has 18 heavy (non-hydrogen) atoms. The Morgan fingerprint density at radius 3 is 2.61 bits per heavy atom. The summed E-state index contributed by atoms with van der Waals surface area (Å²) >= 11 is 0. The van der Waals surface area contributed by atoms with Gasteiger partial charge in [-0.25, -0.2) is 12.7 Å². The SMILES string of the molecule is CNCCCS(=O)(=O)N1CCC(N2CCCC2)C1. The molecule has 1 unspecified atom stereocenters. The Labute approximate surface area is 111 Å². The van der Waals surface area contributed by atoms with Crippen molar-refractivity contribution < 1.29 is 8.42 Å². The van der Waals surface area contributed by atoms with Crippen LogP contribution in [0.4, 0.5) is 0 Å². The molecule has 0 aromatic heterocycles. The summed E-state index contributed by atoms with van der Waals surface area (Å²) < 4.78 is 26.0. The van der Waals surface area contributed by atoms with Crippen molar-refractivity contribution in [3.63, 3.8) is 0 Å². The van der Waals surface area contributed by atoms with Crippen molar-refractivity contribution in [2.75, 3.05) is 45.5 Å². The van der Waals surface area contributed by atoms with Gasteiger partial charge in [0.05, 0.1) is 5.75 Å². The van der Waals surface area contributed by atoms with Gasteiger partial charge in [0.25, 0.3) is 0 Å². The van der Waals surface area contributed by atoms with Crippen LogP contribution in [0.15, 0.2) is 0 Å². The van der Waals surface area contributed by atoms with E-state index >= 15 is 0 Å². The molecule has 106 valence electrons. The molecule has 6 heteroatoms.